The summed E-state index contributed by atoms with van der Waals surface area (Å²) in [6, 6.07) is 8.35. The van der Waals surface area contributed by atoms with Crippen LogP contribution in [0.4, 0.5) is 0 Å². The minimum atomic E-state index is -0.384. The highest BCUT2D eigenvalue weighted by molar-refractivity contribution is 5.86. The number of aldehydes is 1. The molecule has 0 aromatic heterocycles. The quantitative estimate of drug-likeness (QED) is 0.472. The topological polar surface area (TPSA) is 82.1 Å². The average Bonchev–Trinajstić information content (AvgIpc) is 2.59. The number of carbonyl (C=O) groups excluding carboxylic acids is 2. The molecule has 0 radical (unpaired) electrons. The van der Waals surface area contributed by atoms with E-state index >= 15 is 0 Å². The van der Waals surface area contributed by atoms with Gasteiger partial charge in [-0.05, 0) is 18.1 Å². The summed E-state index contributed by atoms with van der Waals surface area (Å²) >= 11 is 0. The molecule has 2 aromatic carbocycles. The third kappa shape index (κ3) is 4.29. The van der Waals surface area contributed by atoms with Crippen molar-refractivity contribution in [2.24, 2.45) is 0 Å². The molecule has 0 aliphatic rings. The predicted octanol–water partition coefficient (Wildman–Crippen LogP) is 3.13. The van der Waals surface area contributed by atoms with Gasteiger partial charge in [0, 0.05) is 24.6 Å². The van der Waals surface area contributed by atoms with Crippen LogP contribution in [0.2, 0.25) is 0 Å². The summed E-state index contributed by atoms with van der Waals surface area (Å²) in [5.41, 5.74) is 2.47. The summed E-state index contributed by atoms with van der Waals surface area (Å²) in [6.45, 7) is 3.39. The number of hydrogen-bond acceptors (Lipinski definition) is 6. The number of rotatable bonds is 7. The molecule has 0 saturated heterocycles. The van der Waals surface area contributed by atoms with Gasteiger partial charge in [-0.2, -0.15) is 0 Å². The van der Waals surface area contributed by atoms with Crippen LogP contribution in [0, 0.1) is 6.92 Å². The van der Waals surface area contributed by atoms with Crippen LogP contribution in [0.25, 0.3) is 11.1 Å². The summed E-state index contributed by atoms with van der Waals surface area (Å²) in [6.07, 6.45) is 0.773. The van der Waals surface area contributed by atoms with Gasteiger partial charge >= 0.3 is 5.97 Å². The Hall–Kier alpha value is -3.02. The highest BCUT2D eigenvalue weighted by Gasteiger charge is 2.17. The van der Waals surface area contributed by atoms with E-state index in [1.165, 1.54) is 20.1 Å². The third-order valence-electron chi connectivity index (χ3n) is 3.70. The minimum absolute atomic E-state index is 0.0343. The van der Waals surface area contributed by atoms with Crippen molar-refractivity contribution in [3.8, 4) is 28.4 Å². The number of hydrogen-bond donors (Lipinski definition) is 1. The van der Waals surface area contributed by atoms with Crippen LogP contribution in [0.3, 0.4) is 0 Å². The van der Waals surface area contributed by atoms with Crippen LogP contribution in [-0.4, -0.2) is 37.7 Å². The van der Waals surface area contributed by atoms with E-state index in [4.69, 9.17) is 14.2 Å². The van der Waals surface area contributed by atoms with Crippen molar-refractivity contribution in [3.05, 3.63) is 41.5 Å². The zero-order valence-electron chi connectivity index (χ0n) is 14.4. The second kappa shape index (κ2) is 8.19. The van der Waals surface area contributed by atoms with E-state index in [0.717, 1.165) is 11.8 Å². The lowest BCUT2D eigenvalue weighted by Gasteiger charge is -2.16. The van der Waals surface area contributed by atoms with Crippen molar-refractivity contribution in [3.63, 3.8) is 0 Å². The monoisotopic (exact) mass is 344 g/mol. The Kier molecular flexibility index (Phi) is 6.00. The highest BCUT2D eigenvalue weighted by Crippen LogP contribution is 2.42. The smallest absolute Gasteiger partial charge is 0.302 e. The lowest BCUT2D eigenvalue weighted by atomic mass is 9.95. The summed E-state index contributed by atoms with van der Waals surface area (Å²) in [4.78, 5) is 21.9. The molecule has 25 heavy (non-hydrogen) atoms. The molecule has 6 heteroatoms. The van der Waals surface area contributed by atoms with E-state index in [2.05, 4.69) is 0 Å². The van der Waals surface area contributed by atoms with Crippen LogP contribution in [0.5, 0.6) is 17.2 Å². The number of phenols is 1. The largest absolute Gasteiger partial charge is 0.507 e. The van der Waals surface area contributed by atoms with Gasteiger partial charge in [-0.3, -0.25) is 9.59 Å². The van der Waals surface area contributed by atoms with Crippen molar-refractivity contribution in [2.45, 2.75) is 13.8 Å². The Morgan fingerprint density at radius 2 is 2.00 bits per heavy atom. The normalized spacial score (nSPS) is 10.2. The first-order valence-electron chi connectivity index (χ1n) is 7.70. The third-order valence-corrected chi connectivity index (χ3v) is 3.70. The zero-order valence-corrected chi connectivity index (χ0v) is 14.4. The fraction of sp³-hybridized carbons (Fsp3) is 0.263. The van der Waals surface area contributed by atoms with Gasteiger partial charge in [0.2, 0.25) is 0 Å². The van der Waals surface area contributed by atoms with Gasteiger partial charge in [0.1, 0.15) is 36.7 Å². The first kappa shape index (κ1) is 18.3. The van der Waals surface area contributed by atoms with E-state index in [0.29, 0.717) is 28.2 Å². The van der Waals surface area contributed by atoms with Gasteiger partial charge in [0.15, 0.2) is 0 Å². The molecule has 2 rings (SSSR count). The maximum absolute atomic E-state index is 11.1. The summed E-state index contributed by atoms with van der Waals surface area (Å²) in [7, 11) is 1.49. The molecule has 1 N–H and O–H groups in total. The van der Waals surface area contributed by atoms with Crippen LogP contribution < -0.4 is 9.47 Å². The van der Waals surface area contributed by atoms with Crippen molar-refractivity contribution in [2.75, 3.05) is 20.3 Å². The number of phenolic OH excluding ortho intramolecular Hbond substituents is 1. The number of aromatic hydroxyl groups is 1. The van der Waals surface area contributed by atoms with Gasteiger partial charge in [-0.1, -0.05) is 18.2 Å². The Bertz CT molecular complexity index is 782. The first-order chi connectivity index (χ1) is 12.0. The molecular weight excluding hydrogens is 324 g/mol. The predicted molar refractivity (Wildman–Crippen MR) is 92.3 cm³/mol. The molecule has 0 amide bonds. The highest BCUT2D eigenvalue weighted by atomic mass is 16.6. The number of ether oxygens (including phenoxy) is 3. The molecule has 0 bridgehead atoms. The lowest BCUT2D eigenvalue weighted by molar-refractivity contribution is -0.141. The Morgan fingerprint density at radius 1 is 1.24 bits per heavy atom. The van der Waals surface area contributed by atoms with E-state index in [-0.39, 0.29) is 24.9 Å². The van der Waals surface area contributed by atoms with Crippen molar-refractivity contribution < 1.29 is 28.9 Å². The van der Waals surface area contributed by atoms with E-state index < -0.39 is 0 Å². The fourth-order valence-corrected chi connectivity index (χ4v) is 2.49. The van der Waals surface area contributed by atoms with E-state index in [9.17, 15) is 14.7 Å². The molecular formula is C19H20O6. The number of benzene rings is 2. The second-order valence-corrected chi connectivity index (χ2v) is 5.35. The van der Waals surface area contributed by atoms with Crippen LogP contribution >= 0.6 is 0 Å². The fourth-order valence-electron chi connectivity index (χ4n) is 2.49. The molecule has 6 nitrogen and oxygen atoms in total. The lowest BCUT2D eigenvalue weighted by Crippen LogP contribution is -2.09. The molecule has 0 saturated carbocycles. The maximum Gasteiger partial charge on any atom is 0.302 e. The molecule has 0 aliphatic carbocycles. The van der Waals surface area contributed by atoms with Gasteiger partial charge < -0.3 is 19.3 Å². The SMILES string of the molecule is COc1cc(OCCOC(C)=O)cc(O)c1-c1cccc(C=O)c1C. The Morgan fingerprint density at radius 3 is 2.64 bits per heavy atom. The number of esters is 1. The standard InChI is InChI=1S/C19H20O6/c1-12-14(11-20)5-4-6-16(12)19-17(22)9-15(10-18(19)23-3)25-8-7-24-13(2)21/h4-6,9-11,22H,7-8H2,1-3H3. The van der Waals surface area contributed by atoms with Crippen LogP contribution in [-0.2, 0) is 9.53 Å². The van der Waals surface area contributed by atoms with Crippen LogP contribution in [0.15, 0.2) is 30.3 Å². The molecule has 2 aromatic rings. The minimum Gasteiger partial charge on any atom is -0.507 e. The summed E-state index contributed by atoms with van der Waals surface area (Å²) in [5.74, 6) is 0.376. The Balaban J connectivity index is 2.34. The maximum atomic E-state index is 11.1. The second-order valence-electron chi connectivity index (χ2n) is 5.35. The van der Waals surface area contributed by atoms with E-state index in [1.54, 1.807) is 24.3 Å². The van der Waals surface area contributed by atoms with Crippen LogP contribution in [0.1, 0.15) is 22.8 Å². The molecule has 0 spiro atoms. The summed E-state index contributed by atoms with van der Waals surface area (Å²) < 4.78 is 15.6. The molecule has 0 atom stereocenters. The van der Waals surface area contributed by atoms with Gasteiger partial charge in [0.25, 0.3) is 0 Å². The molecule has 0 unspecified atom stereocenters. The molecule has 0 aliphatic heterocycles. The average molecular weight is 344 g/mol. The van der Waals surface area contributed by atoms with Gasteiger partial charge in [0.05, 0.1) is 12.7 Å². The first-order valence-corrected chi connectivity index (χ1v) is 7.70. The zero-order chi connectivity index (χ0) is 18.4. The van der Waals surface area contributed by atoms with Gasteiger partial charge in [-0.15, -0.1) is 0 Å². The molecule has 132 valence electrons. The summed E-state index contributed by atoms with van der Waals surface area (Å²) in [5, 5.41) is 10.5. The van der Waals surface area contributed by atoms with Gasteiger partial charge in [-0.25, -0.2) is 0 Å². The Labute approximate surface area is 146 Å². The van der Waals surface area contributed by atoms with E-state index in [1.807, 2.05) is 6.92 Å². The van der Waals surface area contributed by atoms with Crippen molar-refractivity contribution in [1.29, 1.82) is 0 Å². The molecule has 0 heterocycles. The van der Waals surface area contributed by atoms with Crippen molar-refractivity contribution in [1.82, 2.24) is 0 Å². The van der Waals surface area contributed by atoms with Crippen molar-refractivity contribution >= 4 is 12.3 Å². The number of carbonyl (C=O) groups is 2. The number of methoxy groups -OCH3 is 1. The molecule has 0 fully saturated rings.